The van der Waals surface area contributed by atoms with Gasteiger partial charge in [0.05, 0.1) is 11.4 Å². The van der Waals surface area contributed by atoms with E-state index in [2.05, 4.69) is 22.9 Å². The zero-order chi connectivity index (χ0) is 25.4. The van der Waals surface area contributed by atoms with Gasteiger partial charge in [0.15, 0.2) is 0 Å². The van der Waals surface area contributed by atoms with Crippen molar-refractivity contribution in [3.05, 3.63) is 74.2 Å². The predicted octanol–water partition coefficient (Wildman–Crippen LogP) is 6.55. The number of amides is 3. The second-order valence-corrected chi connectivity index (χ2v) is 11.6. The van der Waals surface area contributed by atoms with E-state index < -0.39 is 0 Å². The van der Waals surface area contributed by atoms with Gasteiger partial charge >= 0.3 is 0 Å². The summed E-state index contributed by atoms with van der Waals surface area (Å²) in [5.74, 6) is 0.395. The topological polar surface area (TPSA) is 62.6 Å². The molecule has 0 radical (unpaired) electrons. The van der Waals surface area contributed by atoms with Crippen LogP contribution in [0.2, 0.25) is 5.02 Å². The van der Waals surface area contributed by atoms with Gasteiger partial charge in [-0.3, -0.25) is 19.3 Å². The van der Waals surface area contributed by atoms with Crippen LogP contribution in [0.3, 0.4) is 0 Å². The van der Waals surface area contributed by atoms with E-state index >= 15 is 0 Å². The first kappa shape index (κ1) is 25.1. The molecule has 2 fully saturated rings. The molecule has 186 valence electrons. The Balaban J connectivity index is 1.42. The minimum Gasteiger partial charge on any atom is -0.341 e. The number of fused-ring (bicyclic) bond motifs is 1. The quantitative estimate of drug-likeness (QED) is 0.318. The van der Waals surface area contributed by atoms with Gasteiger partial charge < -0.3 is 9.47 Å². The maximum atomic E-state index is 13.2. The molecule has 5 rings (SSSR count). The van der Waals surface area contributed by atoms with E-state index in [1.165, 1.54) is 4.90 Å². The molecule has 2 aromatic carbocycles. The highest BCUT2D eigenvalue weighted by Gasteiger charge is 2.35. The van der Waals surface area contributed by atoms with Crippen LogP contribution in [-0.2, 0) is 22.7 Å². The molecule has 0 aliphatic carbocycles. The van der Waals surface area contributed by atoms with Crippen molar-refractivity contribution in [2.24, 2.45) is 5.92 Å². The Morgan fingerprint density at radius 2 is 1.92 bits per heavy atom. The van der Waals surface area contributed by atoms with E-state index in [9.17, 15) is 14.4 Å². The third-order valence-corrected chi connectivity index (χ3v) is 8.53. The average Bonchev–Trinajstić information content (AvgIpc) is 3.31. The fraction of sp³-hybridized carbons (Fsp3) is 0.296. The fourth-order valence-electron chi connectivity index (χ4n) is 4.62. The molecule has 0 N–H and O–H groups in total. The van der Waals surface area contributed by atoms with Gasteiger partial charge in [-0.2, -0.15) is 0 Å². The van der Waals surface area contributed by atoms with Crippen LogP contribution in [0.4, 0.5) is 4.79 Å². The summed E-state index contributed by atoms with van der Waals surface area (Å²) in [4.78, 5) is 42.4. The third-order valence-electron chi connectivity index (χ3n) is 6.76. The highest BCUT2D eigenvalue weighted by molar-refractivity contribution is 9.10. The molecule has 3 amide bonds. The molecule has 0 saturated carbocycles. The molecule has 9 heteroatoms. The molecular formula is C27H25BrClN3O3S. The van der Waals surface area contributed by atoms with Crippen LogP contribution in [0, 0.1) is 5.92 Å². The summed E-state index contributed by atoms with van der Waals surface area (Å²) in [5, 5.41) is 1.09. The second-order valence-electron chi connectivity index (χ2n) is 9.30. The maximum absolute atomic E-state index is 13.2. The summed E-state index contributed by atoms with van der Waals surface area (Å²) >= 11 is 10.7. The van der Waals surface area contributed by atoms with Crippen LogP contribution >= 0.6 is 39.3 Å². The molecule has 6 nitrogen and oxygen atoms in total. The number of imide groups is 1. The number of hydrogen-bond acceptors (Lipinski definition) is 4. The number of piperidine rings is 1. The Morgan fingerprint density at radius 1 is 1.17 bits per heavy atom. The first-order valence-corrected chi connectivity index (χ1v) is 13.8. The first-order valence-electron chi connectivity index (χ1n) is 11.8. The maximum Gasteiger partial charge on any atom is 0.293 e. The van der Waals surface area contributed by atoms with E-state index in [0.29, 0.717) is 21.4 Å². The summed E-state index contributed by atoms with van der Waals surface area (Å²) in [5.41, 5.74) is 2.40. The number of carbonyl (C=O) groups is 3. The summed E-state index contributed by atoms with van der Waals surface area (Å²) in [6.07, 6.45) is 5.69. The number of rotatable bonds is 5. The molecule has 2 aliphatic rings. The summed E-state index contributed by atoms with van der Waals surface area (Å²) in [7, 11) is 0. The first-order chi connectivity index (χ1) is 17.3. The summed E-state index contributed by atoms with van der Waals surface area (Å²) < 4.78 is 2.83. The zero-order valence-corrected chi connectivity index (χ0v) is 22.9. The Kier molecular flexibility index (Phi) is 7.28. The van der Waals surface area contributed by atoms with Crippen molar-refractivity contribution in [2.45, 2.75) is 32.9 Å². The normalized spacial score (nSPS) is 18.1. The van der Waals surface area contributed by atoms with Gasteiger partial charge in [-0.15, -0.1) is 0 Å². The molecule has 0 unspecified atom stereocenters. The van der Waals surface area contributed by atoms with Crippen molar-refractivity contribution in [1.82, 2.24) is 14.4 Å². The van der Waals surface area contributed by atoms with Crippen LogP contribution < -0.4 is 0 Å². The number of hydrogen-bond donors (Lipinski definition) is 0. The van der Waals surface area contributed by atoms with Crippen molar-refractivity contribution in [1.29, 1.82) is 0 Å². The minimum atomic E-state index is -0.348. The number of benzene rings is 2. The Labute approximate surface area is 227 Å². The van der Waals surface area contributed by atoms with Crippen molar-refractivity contribution < 1.29 is 14.4 Å². The number of halogens is 2. The van der Waals surface area contributed by atoms with Gasteiger partial charge in [-0.05, 0) is 66.4 Å². The van der Waals surface area contributed by atoms with Gasteiger partial charge in [0.2, 0.25) is 5.91 Å². The highest BCUT2D eigenvalue weighted by atomic mass is 79.9. The number of thioether (sulfide) groups is 1. The summed E-state index contributed by atoms with van der Waals surface area (Å²) in [6, 6.07) is 13.1. The van der Waals surface area contributed by atoms with Crippen LogP contribution in [0.5, 0.6) is 0 Å². The highest BCUT2D eigenvalue weighted by Crippen LogP contribution is 2.36. The molecule has 0 spiro atoms. The smallest absolute Gasteiger partial charge is 0.293 e. The number of likely N-dealkylation sites (tertiary alicyclic amines) is 1. The van der Waals surface area contributed by atoms with Crippen LogP contribution in [0.25, 0.3) is 17.0 Å². The second kappa shape index (κ2) is 10.4. The van der Waals surface area contributed by atoms with Crippen LogP contribution in [-0.4, -0.2) is 44.5 Å². The fourth-order valence-corrected chi connectivity index (χ4v) is 6.01. The van der Waals surface area contributed by atoms with Gasteiger partial charge in [-0.25, -0.2) is 0 Å². The van der Waals surface area contributed by atoms with Crippen LogP contribution in [0.1, 0.15) is 30.9 Å². The lowest BCUT2D eigenvalue weighted by Crippen LogP contribution is -2.39. The molecule has 3 heterocycles. The molecule has 3 aromatic rings. The Bertz CT molecular complexity index is 1390. The molecule has 2 aliphatic heterocycles. The third kappa shape index (κ3) is 5.12. The molecule has 36 heavy (non-hydrogen) atoms. The molecular weight excluding hydrogens is 562 g/mol. The number of carbonyl (C=O) groups excluding carboxylic acids is 3. The Morgan fingerprint density at radius 3 is 2.67 bits per heavy atom. The Hall–Kier alpha value is -2.55. The predicted molar refractivity (Wildman–Crippen MR) is 148 cm³/mol. The van der Waals surface area contributed by atoms with E-state index in [4.69, 9.17) is 11.6 Å². The number of nitrogens with zero attached hydrogens (tertiary/aromatic N) is 3. The lowest BCUT2D eigenvalue weighted by molar-refractivity contribution is -0.133. The monoisotopic (exact) mass is 585 g/mol. The van der Waals surface area contributed by atoms with Crippen molar-refractivity contribution in [3.63, 3.8) is 0 Å². The SMILES string of the molecule is CC1CCN(C(=O)Cn2cc(/C=C3\SC(=O)N(Cc4ccccc4Cl)C3=O)c3cc(Br)ccc32)CC1. The van der Waals surface area contributed by atoms with Gasteiger partial charge in [0.25, 0.3) is 11.1 Å². The van der Waals surface area contributed by atoms with Gasteiger partial charge in [-0.1, -0.05) is 52.7 Å². The largest absolute Gasteiger partial charge is 0.341 e. The minimum absolute atomic E-state index is 0.0910. The molecule has 0 atom stereocenters. The number of aromatic nitrogens is 1. The van der Waals surface area contributed by atoms with Gasteiger partial charge in [0, 0.05) is 45.2 Å². The standard InChI is InChI=1S/C27H25BrClN3O3S/c1-17-8-10-30(11-9-17)25(33)16-31-14-19(21-13-20(28)6-7-23(21)31)12-24-26(34)32(27(35)36-24)15-18-4-2-3-5-22(18)29/h2-7,12-14,17H,8-11,15-16H2,1H3/b24-12-. The molecule has 0 bridgehead atoms. The summed E-state index contributed by atoms with van der Waals surface area (Å²) in [6.45, 7) is 4.15. The van der Waals surface area contributed by atoms with Crippen LogP contribution in [0.15, 0.2) is 58.0 Å². The van der Waals surface area contributed by atoms with E-state index in [0.717, 1.165) is 58.6 Å². The average molecular weight is 587 g/mol. The van der Waals surface area contributed by atoms with E-state index in [1.807, 2.05) is 46.0 Å². The van der Waals surface area contributed by atoms with E-state index in [1.54, 1.807) is 18.2 Å². The lowest BCUT2D eigenvalue weighted by atomic mass is 9.99. The molecule has 2 saturated heterocycles. The zero-order valence-electron chi connectivity index (χ0n) is 19.7. The molecule has 1 aromatic heterocycles. The van der Waals surface area contributed by atoms with Gasteiger partial charge in [0.1, 0.15) is 6.54 Å². The van der Waals surface area contributed by atoms with Crippen molar-refractivity contribution in [3.8, 4) is 0 Å². The lowest BCUT2D eigenvalue weighted by Gasteiger charge is -2.30. The van der Waals surface area contributed by atoms with Crippen molar-refractivity contribution in [2.75, 3.05) is 13.1 Å². The van der Waals surface area contributed by atoms with E-state index in [-0.39, 0.29) is 30.1 Å². The van der Waals surface area contributed by atoms with Crippen molar-refractivity contribution >= 4 is 73.3 Å².